The van der Waals surface area contributed by atoms with E-state index in [1.54, 1.807) is 0 Å². The minimum Gasteiger partial charge on any atom is -0.381 e. The van der Waals surface area contributed by atoms with Gasteiger partial charge in [-0.2, -0.15) is 0 Å². The van der Waals surface area contributed by atoms with Crippen LogP contribution in [0.5, 0.6) is 0 Å². The molecule has 1 spiro atoms. The topological polar surface area (TPSA) is 44.5 Å². The van der Waals surface area contributed by atoms with Gasteiger partial charge in [0.1, 0.15) is 0 Å². The highest BCUT2D eigenvalue weighted by Crippen LogP contribution is 2.33. The molecule has 2 fully saturated rings. The van der Waals surface area contributed by atoms with Crippen LogP contribution in [0.4, 0.5) is 0 Å². The molecule has 0 aliphatic carbocycles. The summed E-state index contributed by atoms with van der Waals surface area (Å²) in [4.78, 5) is 0. The van der Waals surface area contributed by atoms with Crippen molar-refractivity contribution < 1.29 is 9.47 Å². The third-order valence-electron chi connectivity index (χ3n) is 2.94. The summed E-state index contributed by atoms with van der Waals surface area (Å²) in [6, 6.07) is 0.344. The Morgan fingerprint density at radius 3 is 2.58 bits per heavy atom. The second kappa shape index (κ2) is 3.32. The van der Waals surface area contributed by atoms with Crippen molar-refractivity contribution in [2.75, 3.05) is 19.8 Å². The first kappa shape index (κ1) is 8.48. The number of nitrogens with two attached hydrogens (primary N) is 1. The third kappa shape index (κ3) is 1.63. The molecule has 2 heterocycles. The zero-order valence-electron chi connectivity index (χ0n) is 7.42. The van der Waals surface area contributed by atoms with Crippen molar-refractivity contribution in [2.45, 2.75) is 37.3 Å². The molecule has 0 bridgehead atoms. The molecular weight excluding hydrogens is 154 g/mol. The Kier molecular flexibility index (Phi) is 2.35. The summed E-state index contributed by atoms with van der Waals surface area (Å²) in [5, 5.41) is 0. The summed E-state index contributed by atoms with van der Waals surface area (Å²) in [6.45, 7) is 2.51. The minimum atomic E-state index is 0.0793. The van der Waals surface area contributed by atoms with E-state index in [4.69, 9.17) is 15.2 Å². The van der Waals surface area contributed by atoms with E-state index in [2.05, 4.69) is 0 Å². The van der Waals surface area contributed by atoms with Gasteiger partial charge in [-0.25, -0.2) is 0 Å². The lowest BCUT2D eigenvalue weighted by Crippen LogP contribution is -2.48. The smallest absolute Gasteiger partial charge is 0.0741 e. The van der Waals surface area contributed by atoms with E-state index < -0.39 is 0 Å². The van der Waals surface area contributed by atoms with Crippen LogP contribution in [-0.4, -0.2) is 31.5 Å². The molecule has 70 valence electrons. The van der Waals surface area contributed by atoms with Gasteiger partial charge in [0.25, 0.3) is 0 Å². The van der Waals surface area contributed by atoms with Gasteiger partial charge in [-0.15, -0.1) is 0 Å². The Morgan fingerprint density at radius 1 is 1.17 bits per heavy atom. The zero-order chi connectivity index (χ0) is 8.44. The molecule has 0 radical (unpaired) electrons. The van der Waals surface area contributed by atoms with Gasteiger partial charge < -0.3 is 15.2 Å². The highest BCUT2D eigenvalue weighted by molar-refractivity contribution is 4.90. The Labute approximate surface area is 73.2 Å². The fraction of sp³-hybridized carbons (Fsp3) is 1.00. The lowest BCUT2D eigenvalue weighted by molar-refractivity contribution is -0.137. The monoisotopic (exact) mass is 171 g/mol. The van der Waals surface area contributed by atoms with Gasteiger partial charge in [0.2, 0.25) is 0 Å². The largest absolute Gasteiger partial charge is 0.381 e. The van der Waals surface area contributed by atoms with Gasteiger partial charge in [0, 0.05) is 25.9 Å². The molecule has 2 saturated heterocycles. The van der Waals surface area contributed by atoms with Crippen molar-refractivity contribution in [3.05, 3.63) is 0 Å². The molecule has 0 aromatic heterocycles. The number of ether oxygens (including phenoxy) is 2. The van der Waals surface area contributed by atoms with Crippen LogP contribution in [0.3, 0.4) is 0 Å². The van der Waals surface area contributed by atoms with Gasteiger partial charge in [0.05, 0.1) is 5.60 Å². The lowest BCUT2D eigenvalue weighted by Gasteiger charge is -2.42. The summed E-state index contributed by atoms with van der Waals surface area (Å²) in [7, 11) is 0. The van der Waals surface area contributed by atoms with E-state index in [1.807, 2.05) is 0 Å². The van der Waals surface area contributed by atoms with Crippen LogP contribution in [0.15, 0.2) is 0 Å². The highest BCUT2D eigenvalue weighted by Gasteiger charge is 2.37. The second-order valence-electron chi connectivity index (χ2n) is 3.90. The molecule has 2 aliphatic rings. The predicted molar refractivity (Wildman–Crippen MR) is 45.9 cm³/mol. The standard InChI is InChI=1S/C9H17NO2/c10-8-1-4-12-9(7-8)2-5-11-6-3-9/h8H,1-7,10H2/t8-/m1/s1. The fourth-order valence-electron chi connectivity index (χ4n) is 2.16. The maximum atomic E-state index is 5.92. The van der Waals surface area contributed by atoms with Crippen molar-refractivity contribution in [3.63, 3.8) is 0 Å². The maximum Gasteiger partial charge on any atom is 0.0741 e. The summed E-state index contributed by atoms with van der Waals surface area (Å²) < 4.78 is 11.1. The van der Waals surface area contributed by atoms with E-state index in [9.17, 15) is 0 Å². The molecular formula is C9H17NO2. The normalized spacial score (nSPS) is 35.2. The van der Waals surface area contributed by atoms with Crippen molar-refractivity contribution in [3.8, 4) is 0 Å². The van der Waals surface area contributed by atoms with Crippen LogP contribution in [0, 0.1) is 0 Å². The van der Waals surface area contributed by atoms with Crippen LogP contribution in [0.1, 0.15) is 25.7 Å². The molecule has 0 amide bonds. The van der Waals surface area contributed by atoms with Gasteiger partial charge in [-0.3, -0.25) is 0 Å². The highest BCUT2D eigenvalue weighted by atomic mass is 16.5. The molecule has 1 atom stereocenters. The number of hydrogen-bond donors (Lipinski definition) is 1. The Hall–Kier alpha value is -0.120. The summed E-state index contributed by atoms with van der Waals surface area (Å²) >= 11 is 0. The van der Waals surface area contributed by atoms with Gasteiger partial charge >= 0.3 is 0 Å². The molecule has 0 aromatic carbocycles. The first-order valence-electron chi connectivity index (χ1n) is 4.78. The zero-order valence-corrected chi connectivity index (χ0v) is 7.42. The van der Waals surface area contributed by atoms with Crippen molar-refractivity contribution >= 4 is 0 Å². The van der Waals surface area contributed by atoms with Crippen LogP contribution in [0.25, 0.3) is 0 Å². The van der Waals surface area contributed by atoms with Crippen molar-refractivity contribution in [1.82, 2.24) is 0 Å². The molecule has 2 rings (SSSR count). The Bertz CT molecular complexity index is 149. The molecule has 2 N–H and O–H groups in total. The molecule has 2 aliphatic heterocycles. The second-order valence-corrected chi connectivity index (χ2v) is 3.90. The van der Waals surface area contributed by atoms with E-state index in [1.165, 1.54) is 0 Å². The molecule has 3 heteroatoms. The van der Waals surface area contributed by atoms with Crippen LogP contribution >= 0.6 is 0 Å². The van der Waals surface area contributed by atoms with Crippen LogP contribution in [0.2, 0.25) is 0 Å². The Balaban J connectivity index is 1.97. The SMILES string of the molecule is N[C@@H]1CCOC2(CCOCC2)C1. The van der Waals surface area contributed by atoms with Crippen molar-refractivity contribution in [1.29, 1.82) is 0 Å². The maximum absolute atomic E-state index is 5.92. The van der Waals surface area contributed by atoms with E-state index >= 15 is 0 Å². The van der Waals surface area contributed by atoms with E-state index in [-0.39, 0.29) is 5.60 Å². The van der Waals surface area contributed by atoms with Gasteiger partial charge in [0.15, 0.2) is 0 Å². The summed E-state index contributed by atoms with van der Waals surface area (Å²) in [5.74, 6) is 0. The fourth-order valence-corrected chi connectivity index (χ4v) is 2.16. The first-order valence-corrected chi connectivity index (χ1v) is 4.78. The molecule has 0 aromatic rings. The average molecular weight is 171 g/mol. The van der Waals surface area contributed by atoms with E-state index in [0.29, 0.717) is 6.04 Å². The summed E-state index contributed by atoms with van der Waals surface area (Å²) in [5.41, 5.74) is 6.00. The Morgan fingerprint density at radius 2 is 1.92 bits per heavy atom. The molecule has 12 heavy (non-hydrogen) atoms. The van der Waals surface area contributed by atoms with E-state index in [0.717, 1.165) is 45.5 Å². The molecule has 0 unspecified atom stereocenters. The average Bonchev–Trinajstić information content (AvgIpc) is 2.05. The number of rotatable bonds is 0. The van der Waals surface area contributed by atoms with Crippen LogP contribution in [-0.2, 0) is 9.47 Å². The molecule has 0 saturated carbocycles. The van der Waals surface area contributed by atoms with Crippen LogP contribution < -0.4 is 5.73 Å². The predicted octanol–water partition coefficient (Wildman–Crippen LogP) is 0.673. The first-order chi connectivity index (χ1) is 5.81. The molecule has 3 nitrogen and oxygen atoms in total. The quantitative estimate of drug-likeness (QED) is 0.582. The minimum absolute atomic E-state index is 0.0793. The van der Waals surface area contributed by atoms with Gasteiger partial charge in [-0.1, -0.05) is 0 Å². The summed E-state index contributed by atoms with van der Waals surface area (Å²) in [6.07, 6.45) is 4.10. The number of hydrogen-bond acceptors (Lipinski definition) is 3. The van der Waals surface area contributed by atoms with Crippen molar-refractivity contribution in [2.24, 2.45) is 5.73 Å². The third-order valence-corrected chi connectivity index (χ3v) is 2.94. The van der Waals surface area contributed by atoms with Gasteiger partial charge in [-0.05, 0) is 25.7 Å². The lowest BCUT2D eigenvalue weighted by atomic mass is 9.84.